The molecule has 0 amide bonds. The first-order valence-electron chi connectivity index (χ1n) is 4.04. The van der Waals surface area contributed by atoms with Crippen LogP contribution in [0.4, 0.5) is 5.82 Å². The molecule has 76 valence electrons. The summed E-state index contributed by atoms with van der Waals surface area (Å²) in [4.78, 5) is 10.2. The number of rotatable bonds is 3. The van der Waals surface area contributed by atoms with Crippen molar-refractivity contribution in [1.29, 1.82) is 0 Å². The van der Waals surface area contributed by atoms with Gasteiger partial charge in [-0.15, -0.1) is 0 Å². The van der Waals surface area contributed by atoms with Crippen molar-refractivity contribution in [3.8, 4) is 5.75 Å². The Hall–Kier alpha value is -1.10. The van der Waals surface area contributed by atoms with Gasteiger partial charge in [0.15, 0.2) is 5.82 Å². The van der Waals surface area contributed by atoms with Crippen LogP contribution in [0.1, 0.15) is 0 Å². The summed E-state index contributed by atoms with van der Waals surface area (Å²) in [5.74, 6) is 1.35. The van der Waals surface area contributed by atoms with E-state index in [2.05, 4.69) is 25.9 Å². The number of hydrogen-bond acceptors (Lipinski definition) is 3. The molecule has 0 fully saturated rings. The molecule has 0 atom stereocenters. The smallest absolute Gasteiger partial charge is 0.158 e. The lowest BCUT2D eigenvalue weighted by Crippen LogP contribution is -2.07. The number of halogens is 1. The summed E-state index contributed by atoms with van der Waals surface area (Å²) in [7, 11) is 5.42. The number of ether oxygens (including phenoxy) is 1. The molecule has 14 heavy (non-hydrogen) atoms. The van der Waals surface area contributed by atoms with E-state index in [1.165, 1.54) is 0 Å². The molecule has 1 rings (SSSR count). The van der Waals surface area contributed by atoms with Gasteiger partial charge in [0.2, 0.25) is 0 Å². The van der Waals surface area contributed by atoms with Crippen LogP contribution in [0.15, 0.2) is 21.7 Å². The minimum absolute atomic E-state index is 0.616. The molecule has 0 aromatic carbocycles. The van der Waals surface area contributed by atoms with E-state index in [4.69, 9.17) is 4.74 Å². The van der Waals surface area contributed by atoms with Crippen molar-refractivity contribution in [1.82, 2.24) is 9.88 Å². The van der Waals surface area contributed by atoms with Gasteiger partial charge in [-0.1, -0.05) is 0 Å². The lowest BCUT2D eigenvalue weighted by molar-refractivity contribution is 0.414. The summed E-state index contributed by atoms with van der Waals surface area (Å²) in [6.07, 6.45) is 1.69. The lowest BCUT2D eigenvalue weighted by atomic mass is 10.4. The Morgan fingerprint density at radius 2 is 2.21 bits per heavy atom. The Bertz CT molecular complexity index is 339. The van der Waals surface area contributed by atoms with E-state index in [0.29, 0.717) is 10.4 Å². The van der Waals surface area contributed by atoms with Gasteiger partial charge < -0.3 is 9.64 Å². The van der Waals surface area contributed by atoms with Crippen LogP contribution in [0.3, 0.4) is 0 Å². The summed E-state index contributed by atoms with van der Waals surface area (Å²) in [5.41, 5.74) is 0. The van der Waals surface area contributed by atoms with E-state index in [-0.39, 0.29) is 0 Å². The van der Waals surface area contributed by atoms with Gasteiger partial charge in [0, 0.05) is 26.2 Å². The predicted octanol–water partition coefficient (Wildman–Crippen LogP) is 2.07. The Balaban J connectivity index is 2.92. The fourth-order valence-corrected chi connectivity index (χ4v) is 1.23. The quantitative estimate of drug-likeness (QED) is 0.473. The fourth-order valence-electron chi connectivity index (χ4n) is 0.819. The van der Waals surface area contributed by atoms with Crippen LogP contribution in [-0.2, 0) is 0 Å². The first kappa shape index (κ1) is 11.0. The summed E-state index contributed by atoms with van der Waals surface area (Å²) in [6.45, 7) is 0. The third kappa shape index (κ3) is 3.33. The van der Waals surface area contributed by atoms with Gasteiger partial charge in [0.05, 0.1) is 13.4 Å². The molecule has 0 N–H and O–H groups in total. The number of nitrogens with zero attached hydrogens (tertiary/aromatic N) is 3. The molecule has 5 heteroatoms. The minimum Gasteiger partial charge on any atom is -0.497 e. The van der Waals surface area contributed by atoms with E-state index in [0.717, 1.165) is 5.75 Å². The first-order chi connectivity index (χ1) is 6.61. The standard InChI is InChI=1S/C9H12BrN3O/c1-13(2)6-11-9-5-7(14-3)4-8(10)12-9/h4-6H,1-3H3. The van der Waals surface area contributed by atoms with Crippen LogP contribution in [-0.4, -0.2) is 37.4 Å². The van der Waals surface area contributed by atoms with Crippen LogP contribution in [0, 0.1) is 0 Å². The summed E-state index contributed by atoms with van der Waals surface area (Å²) in [6, 6.07) is 3.56. The molecule has 0 radical (unpaired) electrons. The molecule has 0 aliphatic rings. The lowest BCUT2D eigenvalue weighted by Gasteiger charge is -2.03. The molecule has 1 aromatic heterocycles. The topological polar surface area (TPSA) is 37.7 Å². The summed E-state index contributed by atoms with van der Waals surface area (Å²) in [5, 5.41) is 0. The van der Waals surface area contributed by atoms with Gasteiger partial charge in [-0.25, -0.2) is 9.98 Å². The zero-order chi connectivity index (χ0) is 10.6. The second kappa shape index (κ2) is 4.95. The molecule has 0 bridgehead atoms. The maximum atomic E-state index is 5.08. The van der Waals surface area contributed by atoms with E-state index in [1.807, 2.05) is 19.0 Å². The van der Waals surface area contributed by atoms with E-state index >= 15 is 0 Å². The average molecular weight is 258 g/mol. The Morgan fingerprint density at radius 1 is 1.50 bits per heavy atom. The van der Waals surface area contributed by atoms with Gasteiger partial charge in [-0.2, -0.15) is 0 Å². The first-order valence-corrected chi connectivity index (χ1v) is 4.83. The maximum absolute atomic E-state index is 5.08. The van der Waals surface area contributed by atoms with Crippen molar-refractivity contribution < 1.29 is 4.74 Å². The van der Waals surface area contributed by atoms with Gasteiger partial charge in [-0.3, -0.25) is 0 Å². The maximum Gasteiger partial charge on any atom is 0.158 e. The third-order valence-electron chi connectivity index (χ3n) is 1.41. The highest BCUT2D eigenvalue weighted by molar-refractivity contribution is 9.10. The van der Waals surface area contributed by atoms with E-state index in [1.54, 1.807) is 25.6 Å². The van der Waals surface area contributed by atoms with Gasteiger partial charge in [0.1, 0.15) is 10.4 Å². The molecule has 1 aromatic rings. The Morgan fingerprint density at radius 3 is 2.79 bits per heavy atom. The largest absolute Gasteiger partial charge is 0.497 e. The van der Waals surface area contributed by atoms with E-state index < -0.39 is 0 Å². The van der Waals surface area contributed by atoms with Gasteiger partial charge >= 0.3 is 0 Å². The minimum atomic E-state index is 0.616. The van der Waals surface area contributed by atoms with Gasteiger partial charge in [0.25, 0.3) is 0 Å². The van der Waals surface area contributed by atoms with Crippen molar-refractivity contribution in [2.75, 3.05) is 21.2 Å². The van der Waals surface area contributed by atoms with Crippen molar-refractivity contribution >= 4 is 28.1 Å². The summed E-state index contributed by atoms with van der Waals surface area (Å²) < 4.78 is 5.80. The van der Waals surface area contributed by atoms with Crippen molar-refractivity contribution in [2.24, 2.45) is 4.99 Å². The molecular weight excluding hydrogens is 246 g/mol. The second-order valence-corrected chi connectivity index (χ2v) is 3.71. The average Bonchev–Trinajstić information content (AvgIpc) is 2.14. The highest BCUT2D eigenvalue weighted by Crippen LogP contribution is 2.22. The number of methoxy groups -OCH3 is 1. The third-order valence-corrected chi connectivity index (χ3v) is 1.82. The van der Waals surface area contributed by atoms with Crippen LogP contribution >= 0.6 is 15.9 Å². The molecule has 0 aliphatic carbocycles. The molecule has 0 saturated heterocycles. The van der Waals surface area contributed by atoms with Crippen LogP contribution in [0.2, 0.25) is 0 Å². The van der Waals surface area contributed by atoms with E-state index in [9.17, 15) is 0 Å². The molecule has 0 aliphatic heterocycles. The molecule has 0 unspecified atom stereocenters. The zero-order valence-electron chi connectivity index (χ0n) is 8.36. The Kier molecular flexibility index (Phi) is 3.88. The van der Waals surface area contributed by atoms with Crippen LogP contribution < -0.4 is 4.74 Å². The fraction of sp³-hybridized carbons (Fsp3) is 0.333. The predicted molar refractivity (Wildman–Crippen MR) is 60.3 cm³/mol. The van der Waals surface area contributed by atoms with Crippen molar-refractivity contribution in [3.63, 3.8) is 0 Å². The van der Waals surface area contributed by atoms with Crippen LogP contribution in [0.5, 0.6) is 5.75 Å². The molecule has 4 nitrogen and oxygen atoms in total. The normalized spacial score (nSPS) is 10.6. The van der Waals surface area contributed by atoms with Crippen molar-refractivity contribution in [2.45, 2.75) is 0 Å². The number of pyridine rings is 1. The van der Waals surface area contributed by atoms with Crippen LogP contribution in [0.25, 0.3) is 0 Å². The molecule has 0 spiro atoms. The van der Waals surface area contributed by atoms with Gasteiger partial charge in [-0.05, 0) is 15.9 Å². The van der Waals surface area contributed by atoms with Crippen molar-refractivity contribution in [3.05, 3.63) is 16.7 Å². The number of aromatic nitrogens is 1. The molecule has 1 heterocycles. The number of hydrogen-bond donors (Lipinski definition) is 0. The zero-order valence-corrected chi connectivity index (χ0v) is 9.95. The summed E-state index contributed by atoms with van der Waals surface area (Å²) >= 11 is 3.28. The highest BCUT2D eigenvalue weighted by Gasteiger charge is 1.98. The molecular formula is C9H12BrN3O. The highest BCUT2D eigenvalue weighted by atomic mass is 79.9. The molecule has 0 saturated carbocycles. The Labute approximate surface area is 91.7 Å². The second-order valence-electron chi connectivity index (χ2n) is 2.90. The SMILES string of the molecule is COc1cc(Br)nc(N=CN(C)C)c1. The number of aliphatic imine (C=N–C) groups is 1. The monoisotopic (exact) mass is 257 g/mol.